The molecular formula is C16H23NO4. The van der Waals surface area contributed by atoms with E-state index in [2.05, 4.69) is 0 Å². The van der Waals surface area contributed by atoms with E-state index in [0.29, 0.717) is 12.4 Å². The van der Waals surface area contributed by atoms with Gasteiger partial charge in [-0.05, 0) is 37.7 Å². The van der Waals surface area contributed by atoms with E-state index in [1.54, 1.807) is 13.4 Å². The summed E-state index contributed by atoms with van der Waals surface area (Å²) in [5.41, 5.74) is 1.14. The van der Waals surface area contributed by atoms with Gasteiger partial charge in [0.05, 0.1) is 25.6 Å². The van der Waals surface area contributed by atoms with Crippen LogP contribution in [0.5, 0.6) is 0 Å². The molecule has 1 atom stereocenters. The van der Waals surface area contributed by atoms with Crippen molar-refractivity contribution >= 4 is 5.91 Å². The topological polar surface area (TPSA) is 51.9 Å². The van der Waals surface area contributed by atoms with Crippen molar-refractivity contribution in [3.63, 3.8) is 0 Å². The molecule has 5 heteroatoms. The van der Waals surface area contributed by atoms with Crippen LogP contribution in [-0.4, -0.2) is 50.3 Å². The van der Waals surface area contributed by atoms with Crippen LogP contribution in [0.15, 0.2) is 16.7 Å². The maximum Gasteiger partial charge on any atom is 0.289 e. The Kier molecular flexibility index (Phi) is 4.04. The Labute approximate surface area is 125 Å². The van der Waals surface area contributed by atoms with Crippen molar-refractivity contribution in [2.24, 2.45) is 5.41 Å². The SMILES string of the molecule is COC[C@@H]1CC2(CCN(C(=O)c3occc3C)CC2)CO1. The zero-order valence-corrected chi connectivity index (χ0v) is 12.8. The molecule has 1 amide bonds. The van der Waals surface area contributed by atoms with Crippen LogP contribution in [0.2, 0.25) is 0 Å². The van der Waals surface area contributed by atoms with Gasteiger partial charge in [0, 0.05) is 25.8 Å². The minimum Gasteiger partial charge on any atom is -0.459 e. The molecule has 1 aromatic heterocycles. The number of likely N-dealkylation sites (tertiary alicyclic amines) is 1. The molecule has 0 aromatic carbocycles. The molecule has 3 rings (SSSR count). The van der Waals surface area contributed by atoms with Gasteiger partial charge in [-0.3, -0.25) is 4.79 Å². The van der Waals surface area contributed by atoms with Crippen LogP contribution >= 0.6 is 0 Å². The molecule has 0 saturated carbocycles. The summed E-state index contributed by atoms with van der Waals surface area (Å²) >= 11 is 0. The molecule has 0 bridgehead atoms. The first-order valence-electron chi connectivity index (χ1n) is 7.57. The fraction of sp³-hybridized carbons (Fsp3) is 0.688. The Morgan fingerprint density at radius 1 is 1.48 bits per heavy atom. The van der Waals surface area contributed by atoms with Gasteiger partial charge in [0.25, 0.3) is 5.91 Å². The number of hydrogen-bond acceptors (Lipinski definition) is 4. The molecule has 5 nitrogen and oxygen atoms in total. The van der Waals surface area contributed by atoms with Crippen LogP contribution in [0.4, 0.5) is 0 Å². The largest absolute Gasteiger partial charge is 0.459 e. The van der Waals surface area contributed by atoms with Crippen molar-refractivity contribution in [3.05, 3.63) is 23.7 Å². The number of rotatable bonds is 3. The number of furan rings is 1. The summed E-state index contributed by atoms with van der Waals surface area (Å²) in [6.07, 6.45) is 4.83. The lowest BCUT2D eigenvalue weighted by atomic mass is 9.76. The summed E-state index contributed by atoms with van der Waals surface area (Å²) in [6.45, 7) is 4.92. The predicted molar refractivity (Wildman–Crippen MR) is 77.2 cm³/mol. The number of aryl methyl sites for hydroxylation is 1. The third kappa shape index (κ3) is 2.85. The van der Waals surface area contributed by atoms with Gasteiger partial charge >= 0.3 is 0 Å². The highest BCUT2D eigenvalue weighted by Crippen LogP contribution is 2.42. The summed E-state index contributed by atoms with van der Waals surface area (Å²) in [7, 11) is 1.71. The summed E-state index contributed by atoms with van der Waals surface area (Å²) in [6, 6.07) is 1.83. The number of methoxy groups -OCH3 is 1. The van der Waals surface area contributed by atoms with Gasteiger partial charge in [0.2, 0.25) is 0 Å². The maximum absolute atomic E-state index is 12.4. The van der Waals surface area contributed by atoms with Crippen molar-refractivity contribution in [2.45, 2.75) is 32.3 Å². The summed E-state index contributed by atoms with van der Waals surface area (Å²) < 4.78 is 16.3. The van der Waals surface area contributed by atoms with Crippen LogP contribution in [0.25, 0.3) is 0 Å². The van der Waals surface area contributed by atoms with E-state index in [1.807, 2.05) is 17.9 Å². The quantitative estimate of drug-likeness (QED) is 0.857. The van der Waals surface area contributed by atoms with Gasteiger partial charge < -0.3 is 18.8 Å². The minimum atomic E-state index is 0.0136. The van der Waals surface area contributed by atoms with Gasteiger partial charge in [0.1, 0.15) is 0 Å². The first-order chi connectivity index (χ1) is 10.1. The smallest absolute Gasteiger partial charge is 0.289 e. The van der Waals surface area contributed by atoms with E-state index in [-0.39, 0.29) is 17.4 Å². The van der Waals surface area contributed by atoms with Crippen molar-refractivity contribution in [3.8, 4) is 0 Å². The standard InChI is InChI=1S/C16H23NO4/c1-12-3-8-20-14(12)15(18)17-6-4-16(5-7-17)9-13(10-19-2)21-11-16/h3,8,13H,4-7,9-11H2,1-2H3/t13-/m0/s1. The average Bonchev–Trinajstić information content (AvgIpc) is 3.07. The molecule has 116 valence electrons. The minimum absolute atomic E-state index is 0.0136. The molecule has 3 heterocycles. The van der Waals surface area contributed by atoms with Crippen molar-refractivity contribution in [1.29, 1.82) is 0 Å². The molecule has 2 saturated heterocycles. The highest BCUT2D eigenvalue weighted by molar-refractivity contribution is 5.92. The molecule has 1 aromatic rings. The number of carbonyl (C=O) groups excluding carboxylic acids is 1. The van der Waals surface area contributed by atoms with E-state index in [9.17, 15) is 4.79 Å². The van der Waals surface area contributed by atoms with Crippen LogP contribution < -0.4 is 0 Å². The van der Waals surface area contributed by atoms with Crippen LogP contribution in [0, 0.1) is 12.3 Å². The predicted octanol–water partition coefficient (Wildman–Crippen LogP) is 2.25. The van der Waals surface area contributed by atoms with E-state index >= 15 is 0 Å². The Morgan fingerprint density at radius 2 is 2.24 bits per heavy atom. The lowest BCUT2D eigenvalue weighted by Crippen LogP contribution is -2.43. The van der Waals surface area contributed by atoms with Crippen LogP contribution in [0.1, 0.15) is 35.4 Å². The second-order valence-corrected chi connectivity index (χ2v) is 6.32. The third-order valence-corrected chi connectivity index (χ3v) is 4.81. The molecule has 0 radical (unpaired) electrons. The highest BCUT2D eigenvalue weighted by Gasteiger charge is 2.43. The first-order valence-corrected chi connectivity index (χ1v) is 7.57. The van der Waals surface area contributed by atoms with E-state index in [4.69, 9.17) is 13.9 Å². The molecule has 2 fully saturated rings. The normalized spacial score (nSPS) is 24.7. The van der Waals surface area contributed by atoms with Crippen molar-refractivity contribution in [1.82, 2.24) is 4.90 Å². The number of nitrogens with zero attached hydrogens (tertiary/aromatic N) is 1. The Morgan fingerprint density at radius 3 is 2.86 bits per heavy atom. The molecular weight excluding hydrogens is 270 g/mol. The maximum atomic E-state index is 12.4. The number of piperidine rings is 1. The van der Waals surface area contributed by atoms with Gasteiger partial charge in [0.15, 0.2) is 5.76 Å². The molecule has 0 unspecified atom stereocenters. The third-order valence-electron chi connectivity index (χ3n) is 4.81. The lowest BCUT2D eigenvalue weighted by molar-refractivity contribution is 0.0277. The Balaban J connectivity index is 1.58. The molecule has 0 aliphatic carbocycles. The Hall–Kier alpha value is -1.33. The zero-order chi connectivity index (χ0) is 14.9. The number of hydrogen-bond donors (Lipinski definition) is 0. The van der Waals surface area contributed by atoms with Crippen molar-refractivity contribution < 1.29 is 18.7 Å². The van der Waals surface area contributed by atoms with Crippen LogP contribution in [0.3, 0.4) is 0 Å². The second-order valence-electron chi connectivity index (χ2n) is 6.32. The Bertz CT molecular complexity index is 502. The number of amides is 1. The zero-order valence-electron chi connectivity index (χ0n) is 12.8. The van der Waals surface area contributed by atoms with E-state index in [1.165, 1.54) is 0 Å². The molecule has 2 aliphatic rings. The highest BCUT2D eigenvalue weighted by atomic mass is 16.5. The number of ether oxygens (including phenoxy) is 2. The molecule has 1 spiro atoms. The fourth-order valence-corrected chi connectivity index (χ4v) is 3.46. The average molecular weight is 293 g/mol. The fourth-order valence-electron chi connectivity index (χ4n) is 3.46. The lowest BCUT2D eigenvalue weighted by Gasteiger charge is -2.38. The molecule has 2 aliphatic heterocycles. The van der Waals surface area contributed by atoms with Gasteiger partial charge in [-0.2, -0.15) is 0 Å². The van der Waals surface area contributed by atoms with Crippen LogP contribution in [-0.2, 0) is 9.47 Å². The monoisotopic (exact) mass is 293 g/mol. The van der Waals surface area contributed by atoms with Gasteiger partial charge in [-0.15, -0.1) is 0 Å². The summed E-state index contributed by atoms with van der Waals surface area (Å²) in [5.74, 6) is 0.491. The molecule has 21 heavy (non-hydrogen) atoms. The molecule has 0 N–H and O–H groups in total. The van der Waals surface area contributed by atoms with Gasteiger partial charge in [-0.1, -0.05) is 0 Å². The number of carbonyl (C=O) groups is 1. The summed E-state index contributed by atoms with van der Waals surface area (Å²) in [5, 5.41) is 0. The first kappa shape index (κ1) is 14.6. The van der Waals surface area contributed by atoms with Crippen molar-refractivity contribution in [2.75, 3.05) is 33.4 Å². The second kappa shape index (κ2) is 5.81. The summed E-state index contributed by atoms with van der Waals surface area (Å²) in [4.78, 5) is 14.3. The van der Waals surface area contributed by atoms with E-state index in [0.717, 1.165) is 44.5 Å². The van der Waals surface area contributed by atoms with E-state index < -0.39 is 0 Å². The van der Waals surface area contributed by atoms with Gasteiger partial charge in [-0.25, -0.2) is 0 Å².